The van der Waals surface area contributed by atoms with Gasteiger partial charge in [0, 0.05) is 11.5 Å². The molecule has 0 N–H and O–H groups in total. The summed E-state index contributed by atoms with van der Waals surface area (Å²) in [6.45, 7) is 9.15. The average molecular weight is 319 g/mol. The van der Waals surface area contributed by atoms with E-state index >= 15 is 0 Å². The molecule has 1 aromatic carbocycles. The molecule has 0 saturated carbocycles. The standard InChI is InChI=1S/C15H20F3NOS/c1-10(2)13(19-21(20)14(3,4)5)11-6-8-12(9-7-11)15(16,17)18/h6-10H,1-5H3. The Balaban J connectivity index is 3.16. The molecule has 1 rings (SSSR count). The van der Waals surface area contributed by atoms with Crippen LogP contribution in [0.5, 0.6) is 0 Å². The summed E-state index contributed by atoms with van der Waals surface area (Å²) < 4.78 is 53.5. The van der Waals surface area contributed by atoms with Crippen molar-refractivity contribution in [1.82, 2.24) is 0 Å². The van der Waals surface area contributed by atoms with E-state index in [1.54, 1.807) is 20.8 Å². The number of hydrogen-bond acceptors (Lipinski definition) is 2. The minimum absolute atomic E-state index is 0.0342. The summed E-state index contributed by atoms with van der Waals surface area (Å²) in [5.74, 6) is -0.0342. The molecule has 1 atom stereocenters. The third-order valence-corrected chi connectivity index (χ3v) is 4.17. The summed E-state index contributed by atoms with van der Waals surface area (Å²) in [5.41, 5.74) is 0.416. The Morgan fingerprint density at radius 1 is 1.10 bits per heavy atom. The van der Waals surface area contributed by atoms with Gasteiger partial charge in [-0.3, -0.25) is 0 Å². The zero-order chi connectivity index (χ0) is 16.4. The van der Waals surface area contributed by atoms with E-state index in [2.05, 4.69) is 4.40 Å². The number of hydrogen-bond donors (Lipinski definition) is 0. The molecule has 0 aromatic heterocycles. The van der Waals surface area contributed by atoms with Crippen LogP contribution in [0.1, 0.15) is 45.7 Å². The number of nitrogens with zero attached hydrogens (tertiary/aromatic N) is 1. The van der Waals surface area contributed by atoms with Crippen LogP contribution in [-0.2, 0) is 17.5 Å². The maximum absolute atomic E-state index is 12.6. The lowest BCUT2D eigenvalue weighted by molar-refractivity contribution is -0.137. The Morgan fingerprint density at radius 3 is 1.90 bits per heavy atom. The molecule has 0 spiro atoms. The smallest absolute Gasteiger partial charge is 0.416 e. The second kappa shape index (κ2) is 6.40. The molecule has 0 aliphatic rings. The van der Waals surface area contributed by atoms with Crippen LogP contribution in [0.3, 0.4) is 0 Å². The van der Waals surface area contributed by atoms with Crippen LogP contribution in [0.4, 0.5) is 13.2 Å². The molecule has 118 valence electrons. The SMILES string of the molecule is CC(C)C(=N[S+]([O-])C(C)(C)C)c1ccc(C(F)(F)F)cc1. The molecular formula is C15H20F3NOS. The lowest BCUT2D eigenvalue weighted by Gasteiger charge is -2.20. The first-order valence-electron chi connectivity index (χ1n) is 6.61. The minimum atomic E-state index is -4.36. The Bertz CT molecular complexity index is 501. The molecule has 2 nitrogen and oxygen atoms in total. The van der Waals surface area contributed by atoms with Crippen LogP contribution in [0.2, 0.25) is 0 Å². The molecule has 1 unspecified atom stereocenters. The van der Waals surface area contributed by atoms with Gasteiger partial charge < -0.3 is 4.55 Å². The van der Waals surface area contributed by atoms with E-state index in [4.69, 9.17) is 0 Å². The van der Waals surface area contributed by atoms with Crippen LogP contribution in [0.25, 0.3) is 0 Å². The summed E-state index contributed by atoms with van der Waals surface area (Å²) in [6.07, 6.45) is -4.36. The molecule has 0 heterocycles. The molecule has 0 bridgehead atoms. The highest BCUT2D eigenvalue weighted by Crippen LogP contribution is 2.29. The van der Waals surface area contributed by atoms with Gasteiger partial charge in [-0.2, -0.15) is 13.2 Å². The van der Waals surface area contributed by atoms with Crippen molar-refractivity contribution in [3.05, 3.63) is 35.4 Å². The van der Waals surface area contributed by atoms with Gasteiger partial charge in [0.15, 0.2) is 0 Å². The second-order valence-electron chi connectivity index (χ2n) is 6.07. The maximum atomic E-state index is 12.6. The quantitative estimate of drug-likeness (QED) is 0.592. The Labute approximate surface area is 126 Å². The molecule has 1 aromatic rings. The molecule has 21 heavy (non-hydrogen) atoms. The van der Waals surface area contributed by atoms with Crippen molar-refractivity contribution < 1.29 is 17.7 Å². The van der Waals surface area contributed by atoms with E-state index in [0.717, 1.165) is 12.1 Å². The fourth-order valence-corrected chi connectivity index (χ4v) is 2.32. The highest BCUT2D eigenvalue weighted by molar-refractivity contribution is 7.91. The zero-order valence-corrected chi connectivity index (χ0v) is 13.6. The molecule has 0 aliphatic carbocycles. The summed E-state index contributed by atoms with van der Waals surface area (Å²) in [5, 5.41) is 0. The first-order valence-corrected chi connectivity index (χ1v) is 7.72. The summed E-state index contributed by atoms with van der Waals surface area (Å²) in [6, 6.07) is 4.80. The van der Waals surface area contributed by atoms with Crippen molar-refractivity contribution in [2.75, 3.05) is 0 Å². The monoisotopic (exact) mass is 319 g/mol. The van der Waals surface area contributed by atoms with Gasteiger partial charge in [0.25, 0.3) is 0 Å². The normalized spacial score (nSPS) is 15.4. The predicted molar refractivity (Wildman–Crippen MR) is 80.7 cm³/mol. The minimum Gasteiger partial charge on any atom is -0.591 e. The fraction of sp³-hybridized carbons (Fsp3) is 0.533. The fourth-order valence-electron chi connectivity index (χ4n) is 1.55. The number of halogens is 3. The summed E-state index contributed by atoms with van der Waals surface area (Å²) in [7, 11) is 0. The van der Waals surface area contributed by atoms with Crippen molar-refractivity contribution in [2.24, 2.45) is 10.3 Å². The van der Waals surface area contributed by atoms with E-state index in [1.807, 2.05) is 13.8 Å². The van der Waals surface area contributed by atoms with Crippen LogP contribution < -0.4 is 0 Å². The van der Waals surface area contributed by atoms with E-state index in [0.29, 0.717) is 11.3 Å². The molecule has 0 fully saturated rings. The maximum Gasteiger partial charge on any atom is 0.416 e. The van der Waals surface area contributed by atoms with Crippen molar-refractivity contribution >= 4 is 17.1 Å². The lowest BCUT2D eigenvalue weighted by Crippen LogP contribution is -2.28. The van der Waals surface area contributed by atoms with Crippen LogP contribution in [0, 0.1) is 5.92 Å². The van der Waals surface area contributed by atoms with E-state index in [1.165, 1.54) is 12.1 Å². The van der Waals surface area contributed by atoms with Gasteiger partial charge in [-0.15, -0.1) is 0 Å². The molecule has 0 saturated heterocycles. The van der Waals surface area contributed by atoms with E-state index < -0.39 is 27.8 Å². The number of rotatable bonds is 3. The van der Waals surface area contributed by atoms with E-state index in [-0.39, 0.29) is 5.92 Å². The van der Waals surface area contributed by atoms with Crippen molar-refractivity contribution in [2.45, 2.75) is 45.5 Å². The summed E-state index contributed by atoms with van der Waals surface area (Å²) >= 11 is -1.45. The predicted octanol–water partition coefficient (Wildman–Crippen LogP) is 4.61. The van der Waals surface area contributed by atoms with Crippen LogP contribution >= 0.6 is 0 Å². The first-order chi connectivity index (χ1) is 9.43. The largest absolute Gasteiger partial charge is 0.591 e. The molecule has 0 aliphatic heterocycles. The van der Waals surface area contributed by atoms with E-state index in [9.17, 15) is 17.7 Å². The van der Waals surface area contributed by atoms with Crippen molar-refractivity contribution in [3.8, 4) is 0 Å². The first kappa shape index (κ1) is 18.0. The Morgan fingerprint density at radius 2 is 1.57 bits per heavy atom. The highest BCUT2D eigenvalue weighted by atomic mass is 32.2. The van der Waals surface area contributed by atoms with Crippen molar-refractivity contribution in [1.29, 1.82) is 0 Å². The van der Waals surface area contributed by atoms with Gasteiger partial charge in [-0.05, 0) is 32.9 Å². The topological polar surface area (TPSA) is 35.4 Å². The Kier molecular flexibility index (Phi) is 5.50. The second-order valence-corrected chi connectivity index (χ2v) is 7.97. The number of alkyl halides is 3. The zero-order valence-electron chi connectivity index (χ0n) is 12.8. The van der Waals surface area contributed by atoms with Crippen LogP contribution in [-0.4, -0.2) is 15.0 Å². The average Bonchev–Trinajstić information content (AvgIpc) is 2.33. The van der Waals surface area contributed by atoms with Crippen molar-refractivity contribution in [3.63, 3.8) is 0 Å². The van der Waals surface area contributed by atoms with Crippen LogP contribution in [0.15, 0.2) is 28.7 Å². The van der Waals surface area contributed by atoms with Gasteiger partial charge in [-0.1, -0.05) is 30.4 Å². The lowest BCUT2D eigenvalue weighted by atomic mass is 9.99. The van der Waals surface area contributed by atoms with Gasteiger partial charge in [0.1, 0.15) is 21.8 Å². The van der Waals surface area contributed by atoms with Gasteiger partial charge in [0.2, 0.25) is 0 Å². The van der Waals surface area contributed by atoms with Gasteiger partial charge in [-0.25, -0.2) is 0 Å². The molecular weight excluding hydrogens is 299 g/mol. The Hall–Kier alpha value is -1.01. The molecule has 0 radical (unpaired) electrons. The third-order valence-electron chi connectivity index (χ3n) is 2.76. The molecule has 0 amide bonds. The van der Waals surface area contributed by atoms with Gasteiger partial charge in [0.05, 0.1) is 5.56 Å². The number of benzene rings is 1. The van der Waals surface area contributed by atoms with Gasteiger partial charge >= 0.3 is 6.18 Å². The summed E-state index contributed by atoms with van der Waals surface area (Å²) in [4.78, 5) is 0. The third kappa shape index (κ3) is 5.04. The molecule has 6 heteroatoms. The highest BCUT2D eigenvalue weighted by Gasteiger charge is 2.31.